The molecule has 0 aromatic heterocycles. The molecule has 0 amide bonds. The van der Waals surface area contributed by atoms with Crippen LogP contribution in [0.5, 0.6) is 0 Å². The highest BCUT2D eigenvalue weighted by atomic mass is 16.5. The number of ether oxygens (including phenoxy) is 2. The van der Waals surface area contributed by atoms with Gasteiger partial charge in [-0.1, -0.05) is 72.8 Å². The van der Waals surface area contributed by atoms with Crippen LogP contribution in [0.4, 0.5) is 0 Å². The van der Waals surface area contributed by atoms with Gasteiger partial charge in [-0.05, 0) is 42.2 Å². The van der Waals surface area contributed by atoms with E-state index >= 15 is 0 Å². The standard InChI is InChI=1S/C27H30O4/c28-26(30-19-17-22-7-3-1-4-8-22)15-13-24-11-12-25(21-24)14-16-27(29)31-20-18-23-9-5-2-6-10-23/h1-10,13-16,24-25H,11-12,17-21H2/b15-13+,16-14+. The lowest BCUT2D eigenvalue weighted by atomic mass is 10.0. The average Bonchev–Trinajstić information content (AvgIpc) is 3.26. The molecule has 0 N–H and O–H groups in total. The van der Waals surface area contributed by atoms with Crippen LogP contribution < -0.4 is 0 Å². The van der Waals surface area contributed by atoms with Gasteiger partial charge < -0.3 is 9.47 Å². The Morgan fingerprint density at radius 1 is 0.710 bits per heavy atom. The number of hydrogen-bond donors (Lipinski definition) is 0. The number of rotatable bonds is 10. The van der Waals surface area contributed by atoms with Crippen molar-refractivity contribution >= 4 is 11.9 Å². The molecule has 0 aliphatic heterocycles. The van der Waals surface area contributed by atoms with Crippen LogP contribution in [0.3, 0.4) is 0 Å². The van der Waals surface area contributed by atoms with Gasteiger partial charge in [0, 0.05) is 25.0 Å². The summed E-state index contributed by atoms with van der Waals surface area (Å²) in [7, 11) is 0. The van der Waals surface area contributed by atoms with Crippen molar-refractivity contribution < 1.29 is 19.1 Å². The molecule has 4 heteroatoms. The summed E-state index contributed by atoms with van der Waals surface area (Å²) >= 11 is 0. The molecule has 0 spiro atoms. The smallest absolute Gasteiger partial charge is 0.330 e. The SMILES string of the molecule is O=C(/C=C/C1CCC(/C=C/C(=O)OCCc2ccccc2)C1)OCCc1ccccc1. The number of carbonyl (C=O) groups is 2. The number of esters is 2. The first-order chi connectivity index (χ1) is 15.2. The van der Waals surface area contributed by atoms with E-state index in [0.717, 1.165) is 43.2 Å². The van der Waals surface area contributed by atoms with Crippen LogP contribution >= 0.6 is 0 Å². The van der Waals surface area contributed by atoms with Gasteiger partial charge >= 0.3 is 11.9 Å². The minimum atomic E-state index is -0.295. The molecule has 0 radical (unpaired) electrons. The predicted octanol–water partition coefficient (Wildman–Crippen LogP) is 5.09. The third-order valence-electron chi connectivity index (χ3n) is 5.48. The summed E-state index contributed by atoms with van der Waals surface area (Å²) < 4.78 is 10.6. The van der Waals surface area contributed by atoms with Crippen molar-refractivity contribution in [2.45, 2.75) is 32.1 Å². The lowest BCUT2D eigenvalue weighted by molar-refractivity contribution is -0.138. The Morgan fingerprint density at radius 2 is 1.13 bits per heavy atom. The molecular formula is C27H30O4. The summed E-state index contributed by atoms with van der Waals surface area (Å²) in [5.74, 6) is 0.0877. The van der Waals surface area contributed by atoms with Crippen molar-refractivity contribution in [1.29, 1.82) is 0 Å². The molecule has 2 aromatic rings. The van der Waals surface area contributed by atoms with Gasteiger partial charge in [0.05, 0.1) is 13.2 Å². The van der Waals surface area contributed by atoms with Crippen LogP contribution in [0.1, 0.15) is 30.4 Å². The number of benzene rings is 2. The van der Waals surface area contributed by atoms with E-state index in [2.05, 4.69) is 0 Å². The minimum Gasteiger partial charge on any atom is -0.462 e. The largest absolute Gasteiger partial charge is 0.462 e. The van der Waals surface area contributed by atoms with Crippen molar-refractivity contribution in [3.05, 3.63) is 96.1 Å². The summed E-state index contributed by atoms with van der Waals surface area (Å²) in [4.78, 5) is 23.8. The third kappa shape index (κ3) is 8.63. The molecule has 2 atom stereocenters. The van der Waals surface area contributed by atoms with E-state index in [-0.39, 0.29) is 11.9 Å². The number of hydrogen-bond acceptors (Lipinski definition) is 4. The molecule has 3 rings (SSSR count). The third-order valence-corrected chi connectivity index (χ3v) is 5.48. The Bertz CT molecular complexity index is 797. The molecular weight excluding hydrogens is 388 g/mol. The lowest BCUT2D eigenvalue weighted by Crippen LogP contribution is -2.05. The van der Waals surface area contributed by atoms with Crippen LogP contribution in [0.2, 0.25) is 0 Å². The van der Waals surface area contributed by atoms with Gasteiger partial charge in [0.25, 0.3) is 0 Å². The summed E-state index contributed by atoms with van der Waals surface area (Å²) in [5.41, 5.74) is 2.31. The van der Waals surface area contributed by atoms with Crippen molar-refractivity contribution in [2.75, 3.05) is 13.2 Å². The second-order valence-electron chi connectivity index (χ2n) is 7.86. The zero-order chi connectivity index (χ0) is 21.7. The molecule has 31 heavy (non-hydrogen) atoms. The normalized spacial score (nSPS) is 18.5. The summed E-state index contributed by atoms with van der Waals surface area (Å²) in [6.45, 7) is 0.769. The Labute approximate surface area is 184 Å². The second kappa shape index (κ2) is 12.5. The molecule has 0 bridgehead atoms. The van der Waals surface area contributed by atoms with E-state index in [9.17, 15) is 9.59 Å². The molecule has 1 aliphatic carbocycles. The number of carbonyl (C=O) groups excluding carboxylic acids is 2. The van der Waals surface area contributed by atoms with Gasteiger partial charge in [-0.3, -0.25) is 0 Å². The van der Waals surface area contributed by atoms with Crippen LogP contribution in [-0.2, 0) is 31.9 Å². The van der Waals surface area contributed by atoms with Gasteiger partial charge in [0.15, 0.2) is 0 Å². The minimum absolute atomic E-state index is 0.295. The zero-order valence-corrected chi connectivity index (χ0v) is 17.8. The molecule has 0 heterocycles. The molecule has 4 nitrogen and oxygen atoms in total. The van der Waals surface area contributed by atoms with Gasteiger partial charge in [-0.25, -0.2) is 9.59 Å². The average molecular weight is 419 g/mol. The van der Waals surface area contributed by atoms with Gasteiger partial charge in [-0.15, -0.1) is 0 Å². The van der Waals surface area contributed by atoms with Crippen LogP contribution in [-0.4, -0.2) is 25.2 Å². The van der Waals surface area contributed by atoms with E-state index in [4.69, 9.17) is 9.47 Å². The van der Waals surface area contributed by atoms with E-state index in [0.29, 0.717) is 25.0 Å². The fourth-order valence-corrected chi connectivity index (χ4v) is 3.76. The maximum absolute atomic E-state index is 11.9. The molecule has 1 aliphatic rings. The Kier molecular flexibility index (Phi) is 9.11. The first kappa shape index (κ1) is 22.5. The van der Waals surface area contributed by atoms with Crippen molar-refractivity contribution in [3.8, 4) is 0 Å². The monoisotopic (exact) mass is 418 g/mol. The van der Waals surface area contributed by atoms with E-state index in [1.165, 1.54) is 0 Å². The highest BCUT2D eigenvalue weighted by Gasteiger charge is 2.21. The van der Waals surface area contributed by atoms with Gasteiger partial charge in [0.1, 0.15) is 0 Å². The van der Waals surface area contributed by atoms with E-state index < -0.39 is 0 Å². The van der Waals surface area contributed by atoms with E-state index in [1.54, 1.807) is 12.2 Å². The number of allylic oxidation sites excluding steroid dienone is 2. The molecule has 162 valence electrons. The fraction of sp³-hybridized carbons (Fsp3) is 0.333. The molecule has 0 saturated heterocycles. The predicted molar refractivity (Wildman–Crippen MR) is 121 cm³/mol. The highest BCUT2D eigenvalue weighted by Crippen LogP contribution is 2.32. The Morgan fingerprint density at radius 3 is 1.55 bits per heavy atom. The first-order valence-corrected chi connectivity index (χ1v) is 11.0. The first-order valence-electron chi connectivity index (χ1n) is 11.0. The zero-order valence-electron chi connectivity index (χ0n) is 17.8. The summed E-state index contributed by atoms with van der Waals surface area (Å²) in [6.07, 6.45) is 11.3. The Balaban J connectivity index is 1.30. The van der Waals surface area contributed by atoms with Crippen molar-refractivity contribution in [1.82, 2.24) is 0 Å². The van der Waals surface area contributed by atoms with E-state index in [1.807, 2.05) is 72.8 Å². The maximum atomic E-state index is 11.9. The van der Waals surface area contributed by atoms with Crippen molar-refractivity contribution in [2.24, 2.45) is 11.8 Å². The van der Waals surface area contributed by atoms with Crippen LogP contribution in [0, 0.1) is 11.8 Å². The molecule has 1 saturated carbocycles. The summed E-state index contributed by atoms with van der Waals surface area (Å²) in [6, 6.07) is 19.9. The molecule has 1 fully saturated rings. The Hall–Kier alpha value is -3.14. The highest BCUT2D eigenvalue weighted by molar-refractivity contribution is 5.82. The molecule has 2 aromatic carbocycles. The fourth-order valence-electron chi connectivity index (χ4n) is 3.76. The molecule has 2 unspecified atom stereocenters. The van der Waals surface area contributed by atoms with Gasteiger partial charge in [0.2, 0.25) is 0 Å². The van der Waals surface area contributed by atoms with Crippen molar-refractivity contribution in [3.63, 3.8) is 0 Å². The maximum Gasteiger partial charge on any atom is 0.330 e. The second-order valence-corrected chi connectivity index (χ2v) is 7.86. The van der Waals surface area contributed by atoms with Gasteiger partial charge in [-0.2, -0.15) is 0 Å². The topological polar surface area (TPSA) is 52.6 Å². The summed E-state index contributed by atoms with van der Waals surface area (Å²) in [5, 5.41) is 0. The quantitative estimate of drug-likeness (QED) is 0.398. The lowest BCUT2D eigenvalue weighted by Gasteiger charge is -2.05. The van der Waals surface area contributed by atoms with Crippen LogP contribution in [0.15, 0.2) is 85.0 Å². The van der Waals surface area contributed by atoms with Crippen LogP contribution in [0.25, 0.3) is 0 Å².